The zero-order valence-corrected chi connectivity index (χ0v) is 7.01. The Morgan fingerprint density at radius 1 is 1.45 bits per heavy atom. The van der Waals surface area contributed by atoms with Crippen molar-refractivity contribution < 1.29 is 9.84 Å². The normalized spacial score (nSPS) is 47.6. The Bertz CT molecular complexity index is 277. The quantitative estimate of drug-likeness (QED) is 0.532. The van der Waals surface area contributed by atoms with Gasteiger partial charge >= 0.3 is 0 Å². The predicted octanol–water partition coefficient (Wildman–Crippen LogP) is 1.37. The summed E-state index contributed by atoms with van der Waals surface area (Å²) in [5.41, 5.74) is 1.73. The van der Waals surface area contributed by atoms with Gasteiger partial charge in [0.25, 0.3) is 0 Å². The maximum absolute atomic E-state index is 9.71. The molecule has 1 N–H and O–H groups in total. The van der Waals surface area contributed by atoms with Crippen molar-refractivity contribution in [1.29, 1.82) is 0 Å². The van der Waals surface area contributed by atoms with Crippen molar-refractivity contribution in [3.8, 4) is 0 Å². The first-order chi connectivity index (χ1) is 4.98. The third-order valence-corrected chi connectivity index (χ3v) is 2.62. The molecule has 1 heterocycles. The van der Waals surface area contributed by atoms with Crippen LogP contribution in [0.3, 0.4) is 0 Å². The third-order valence-electron chi connectivity index (χ3n) is 2.62. The van der Waals surface area contributed by atoms with E-state index < -0.39 is 11.4 Å². The largest absolute Gasteiger partial charge is 0.360 e. The molecule has 1 saturated heterocycles. The summed E-state index contributed by atoms with van der Waals surface area (Å²) >= 11 is 0. The van der Waals surface area contributed by atoms with Gasteiger partial charge in [-0.05, 0) is 38.0 Å². The second kappa shape index (κ2) is 1.59. The van der Waals surface area contributed by atoms with Crippen LogP contribution in [0.5, 0.6) is 0 Å². The number of allylic oxidation sites excluding steroid dienone is 2. The van der Waals surface area contributed by atoms with Crippen LogP contribution in [-0.2, 0) is 4.74 Å². The van der Waals surface area contributed by atoms with Crippen molar-refractivity contribution >= 4 is 0 Å². The van der Waals surface area contributed by atoms with Gasteiger partial charge in [-0.1, -0.05) is 6.08 Å². The lowest BCUT2D eigenvalue weighted by atomic mass is 9.89. The zero-order chi connectivity index (χ0) is 8.28. The van der Waals surface area contributed by atoms with Crippen LogP contribution in [0.15, 0.2) is 23.3 Å². The Balaban J connectivity index is 2.47. The number of epoxide rings is 1. The van der Waals surface area contributed by atoms with Gasteiger partial charge in [0.1, 0.15) is 5.60 Å². The molecule has 0 radical (unpaired) electrons. The molecule has 0 aromatic heterocycles. The predicted molar refractivity (Wildman–Crippen MR) is 42.0 cm³/mol. The molecule has 2 heteroatoms. The molecule has 60 valence electrons. The first-order valence-corrected chi connectivity index (χ1v) is 3.79. The van der Waals surface area contributed by atoms with Gasteiger partial charge in [-0.2, -0.15) is 0 Å². The minimum absolute atomic E-state index is 0.438. The van der Waals surface area contributed by atoms with Crippen molar-refractivity contribution in [3.05, 3.63) is 23.3 Å². The minimum Gasteiger partial charge on any atom is -0.360 e. The molecule has 0 aromatic carbocycles. The Labute approximate surface area is 66.2 Å². The van der Waals surface area contributed by atoms with Crippen molar-refractivity contribution in [3.63, 3.8) is 0 Å². The van der Waals surface area contributed by atoms with E-state index in [9.17, 15) is 5.11 Å². The van der Waals surface area contributed by atoms with E-state index in [4.69, 9.17) is 4.74 Å². The maximum atomic E-state index is 9.71. The average Bonchev–Trinajstić information content (AvgIpc) is 2.34. The van der Waals surface area contributed by atoms with Crippen molar-refractivity contribution in [2.75, 3.05) is 0 Å². The highest BCUT2D eigenvalue weighted by atomic mass is 16.7. The number of rotatable bonds is 0. The fourth-order valence-electron chi connectivity index (χ4n) is 1.65. The first-order valence-electron chi connectivity index (χ1n) is 3.79. The summed E-state index contributed by atoms with van der Waals surface area (Å²) in [5.74, 6) is -1.00. The summed E-state index contributed by atoms with van der Waals surface area (Å²) in [6, 6.07) is 0. The summed E-state index contributed by atoms with van der Waals surface area (Å²) in [4.78, 5) is 0. The Kier molecular flexibility index (Phi) is 1.02. The standard InChI is InChI=1S/C9H12O2/c1-6-4-7(2)8(3)9(10,5-6)11-8/h4-5,10H,1-3H3. The molecule has 2 atom stereocenters. The fourth-order valence-corrected chi connectivity index (χ4v) is 1.65. The highest BCUT2D eigenvalue weighted by Crippen LogP contribution is 2.54. The number of fused-ring (bicyclic) bond motifs is 1. The molecule has 1 fully saturated rings. The van der Waals surface area contributed by atoms with Crippen LogP contribution >= 0.6 is 0 Å². The number of hydrogen-bond donors (Lipinski definition) is 1. The molecule has 0 aromatic rings. The van der Waals surface area contributed by atoms with E-state index in [2.05, 4.69) is 0 Å². The Morgan fingerprint density at radius 3 is 2.64 bits per heavy atom. The lowest BCUT2D eigenvalue weighted by Crippen LogP contribution is -2.24. The van der Waals surface area contributed by atoms with Gasteiger partial charge in [0.05, 0.1) is 0 Å². The molecule has 0 spiro atoms. The number of hydrogen-bond acceptors (Lipinski definition) is 2. The second-order valence-electron chi connectivity index (χ2n) is 3.55. The van der Waals surface area contributed by atoms with Crippen LogP contribution in [0.4, 0.5) is 0 Å². The summed E-state index contributed by atoms with van der Waals surface area (Å²) < 4.78 is 5.25. The van der Waals surface area contributed by atoms with Crippen LogP contribution in [0.2, 0.25) is 0 Å². The highest BCUT2D eigenvalue weighted by molar-refractivity contribution is 5.43. The van der Waals surface area contributed by atoms with Gasteiger partial charge in [-0.25, -0.2) is 0 Å². The molecule has 2 rings (SSSR count). The lowest BCUT2D eigenvalue weighted by Gasteiger charge is -2.14. The molecule has 2 nitrogen and oxygen atoms in total. The lowest BCUT2D eigenvalue weighted by molar-refractivity contribution is 0.0820. The SMILES string of the molecule is CC1=CC2(O)OC2(C)C(C)=C1. The topological polar surface area (TPSA) is 32.8 Å². The van der Waals surface area contributed by atoms with E-state index in [0.717, 1.165) is 11.1 Å². The first kappa shape index (κ1) is 7.07. The zero-order valence-electron chi connectivity index (χ0n) is 7.01. The van der Waals surface area contributed by atoms with Crippen LogP contribution in [0.25, 0.3) is 0 Å². The van der Waals surface area contributed by atoms with E-state index >= 15 is 0 Å². The molecular formula is C9H12O2. The van der Waals surface area contributed by atoms with Crippen molar-refractivity contribution in [2.45, 2.75) is 32.2 Å². The smallest absolute Gasteiger partial charge is 0.220 e. The fraction of sp³-hybridized carbons (Fsp3) is 0.556. The van der Waals surface area contributed by atoms with Gasteiger partial charge in [-0.15, -0.1) is 0 Å². The number of ether oxygens (including phenoxy) is 1. The molecule has 0 saturated carbocycles. The van der Waals surface area contributed by atoms with Gasteiger partial charge in [0.2, 0.25) is 5.79 Å². The van der Waals surface area contributed by atoms with E-state index in [-0.39, 0.29) is 0 Å². The van der Waals surface area contributed by atoms with E-state index in [1.54, 1.807) is 6.08 Å². The Hall–Kier alpha value is -0.600. The van der Waals surface area contributed by atoms with Crippen LogP contribution in [0, 0.1) is 0 Å². The molecule has 1 aliphatic heterocycles. The second-order valence-corrected chi connectivity index (χ2v) is 3.55. The van der Waals surface area contributed by atoms with Gasteiger partial charge in [0, 0.05) is 0 Å². The monoisotopic (exact) mass is 152 g/mol. The van der Waals surface area contributed by atoms with Gasteiger partial charge in [0.15, 0.2) is 0 Å². The van der Waals surface area contributed by atoms with Gasteiger partial charge < -0.3 is 9.84 Å². The molecule has 0 bridgehead atoms. The van der Waals surface area contributed by atoms with E-state index in [1.807, 2.05) is 26.8 Å². The molecular weight excluding hydrogens is 140 g/mol. The highest BCUT2D eigenvalue weighted by Gasteiger charge is 2.67. The van der Waals surface area contributed by atoms with Crippen molar-refractivity contribution in [1.82, 2.24) is 0 Å². The molecule has 2 aliphatic rings. The van der Waals surface area contributed by atoms with Crippen LogP contribution < -0.4 is 0 Å². The molecule has 11 heavy (non-hydrogen) atoms. The van der Waals surface area contributed by atoms with E-state index in [0.29, 0.717) is 0 Å². The van der Waals surface area contributed by atoms with E-state index in [1.165, 1.54) is 0 Å². The third kappa shape index (κ3) is 0.686. The molecule has 2 unspecified atom stereocenters. The minimum atomic E-state index is -1.00. The Morgan fingerprint density at radius 2 is 2.09 bits per heavy atom. The average molecular weight is 152 g/mol. The van der Waals surface area contributed by atoms with Crippen LogP contribution in [0.1, 0.15) is 20.8 Å². The van der Waals surface area contributed by atoms with Crippen LogP contribution in [-0.4, -0.2) is 16.5 Å². The molecule has 0 amide bonds. The van der Waals surface area contributed by atoms with Crippen molar-refractivity contribution in [2.24, 2.45) is 0 Å². The van der Waals surface area contributed by atoms with Gasteiger partial charge in [-0.3, -0.25) is 0 Å². The summed E-state index contributed by atoms with van der Waals surface area (Å²) in [6.45, 7) is 5.85. The summed E-state index contributed by atoms with van der Waals surface area (Å²) in [6.07, 6.45) is 3.81. The maximum Gasteiger partial charge on any atom is 0.220 e. The summed E-state index contributed by atoms with van der Waals surface area (Å²) in [7, 11) is 0. The molecule has 1 aliphatic carbocycles. The summed E-state index contributed by atoms with van der Waals surface area (Å²) in [5, 5.41) is 9.71. The number of aliphatic hydroxyl groups is 1.